The highest BCUT2D eigenvalue weighted by Gasteiger charge is 2.07. The fourth-order valence-corrected chi connectivity index (χ4v) is 1.62. The molecule has 0 aliphatic heterocycles. The molecule has 0 saturated heterocycles. The second kappa shape index (κ2) is 6.82. The molecule has 0 spiro atoms. The van der Waals surface area contributed by atoms with Crippen LogP contribution in [0.15, 0.2) is 22.7 Å². The quantitative estimate of drug-likeness (QED) is 0.620. The third-order valence-corrected chi connectivity index (χ3v) is 2.62. The molecule has 0 heterocycles. The molecule has 1 aromatic carbocycles. The van der Waals surface area contributed by atoms with Crippen LogP contribution in [0.2, 0.25) is 0 Å². The van der Waals surface area contributed by atoms with Crippen molar-refractivity contribution >= 4 is 27.9 Å². The van der Waals surface area contributed by atoms with Gasteiger partial charge in [-0.3, -0.25) is 0 Å². The van der Waals surface area contributed by atoms with Crippen LogP contribution in [-0.4, -0.2) is 25.7 Å². The minimum absolute atomic E-state index is 0.288. The molecule has 1 rings (SSSR count). The van der Waals surface area contributed by atoms with E-state index in [1.807, 2.05) is 0 Å². The van der Waals surface area contributed by atoms with Gasteiger partial charge in [0.25, 0.3) is 0 Å². The lowest BCUT2D eigenvalue weighted by atomic mass is 10.1. The SMILES string of the molecule is CCOC(=O)C#Cc1ccc(C(=O)OC)cc1Br. The molecule has 0 bridgehead atoms. The first kappa shape index (κ1) is 14.3. The van der Waals surface area contributed by atoms with E-state index in [-0.39, 0.29) is 6.61 Å². The molecule has 0 fully saturated rings. The highest BCUT2D eigenvalue weighted by Crippen LogP contribution is 2.18. The largest absolute Gasteiger partial charge is 0.465 e. The van der Waals surface area contributed by atoms with Crippen molar-refractivity contribution in [1.29, 1.82) is 0 Å². The molecule has 0 aliphatic carbocycles. The van der Waals surface area contributed by atoms with Crippen LogP contribution in [0.4, 0.5) is 0 Å². The van der Waals surface area contributed by atoms with Gasteiger partial charge in [-0.25, -0.2) is 9.59 Å². The first-order chi connectivity index (χ1) is 8.58. The molecule has 0 saturated carbocycles. The van der Waals surface area contributed by atoms with Gasteiger partial charge in [-0.2, -0.15) is 0 Å². The minimum atomic E-state index is -0.582. The summed E-state index contributed by atoms with van der Waals surface area (Å²) < 4.78 is 9.89. The first-order valence-corrected chi connectivity index (χ1v) is 5.94. The van der Waals surface area contributed by atoms with Crippen LogP contribution in [0, 0.1) is 11.8 Å². The van der Waals surface area contributed by atoms with Gasteiger partial charge >= 0.3 is 11.9 Å². The number of carbonyl (C=O) groups is 2. The Morgan fingerprint density at radius 1 is 1.39 bits per heavy atom. The number of halogens is 1. The molecule has 0 atom stereocenters. The summed E-state index contributed by atoms with van der Waals surface area (Å²) in [6.45, 7) is 2.00. The predicted molar refractivity (Wildman–Crippen MR) is 69.0 cm³/mol. The maximum Gasteiger partial charge on any atom is 0.384 e. The lowest BCUT2D eigenvalue weighted by Gasteiger charge is -2.01. The molecule has 1 aromatic rings. The second-order valence-electron chi connectivity index (χ2n) is 3.16. The Kier molecular flexibility index (Phi) is 5.40. The average Bonchev–Trinajstić information content (AvgIpc) is 2.36. The lowest BCUT2D eigenvalue weighted by Crippen LogP contribution is -2.01. The summed E-state index contributed by atoms with van der Waals surface area (Å²) in [7, 11) is 1.31. The van der Waals surface area contributed by atoms with Crippen LogP contribution in [-0.2, 0) is 14.3 Å². The van der Waals surface area contributed by atoms with Crippen LogP contribution < -0.4 is 0 Å². The highest BCUT2D eigenvalue weighted by molar-refractivity contribution is 9.10. The molecular formula is C13H11BrO4. The molecule has 0 radical (unpaired) electrons. The fourth-order valence-electron chi connectivity index (χ4n) is 1.15. The Morgan fingerprint density at radius 2 is 2.11 bits per heavy atom. The van der Waals surface area contributed by atoms with E-state index < -0.39 is 11.9 Å². The molecule has 0 amide bonds. The van der Waals surface area contributed by atoms with E-state index in [1.165, 1.54) is 7.11 Å². The second-order valence-corrected chi connectivity index (χ2v) is 4.01. The van der Waals surface area contributed by atoms with Crippen molar-refractivity contribution < 1.29 is 19.1 Å². The van der Waals surface area contributed by atoms with Gasteiger partial charge in [0.1, 0.15) is 0 Å². The van der Waals surface area contributed by atoms with Crippen LogP contribution in [0.25, 0.3) is 0 Å². The Labute approximate surface area is 113 Å². The summed E-state index contributed by atoms with van der Waals surface area (Å²) in [5, 5.41) is 0. The zero-order chi connectivity index (χ0) is 13.5. The highest BCUT2D eigenvalue weighted by atomic mass is 79.9. The van der Waals surface area contributed by atoms with Gasteiger partial charge in [-0.1, -0.05) is 5.92 Å². The molecule has 94 valence electrons. The van der Waals surface area contributed by atoms with Crippen molar-refractivity contribution in [2.45, 2.75) is 6.92 Å². The Bertz CT molecular complexity index is 526. The summed E-state index contributed by atoms with van der Waals surface area (Å²) in [6.07, 6.45) is 0. The molecule has 5 heteroatoms. The van der Waals surface area contributed by atoms with Crippen molar-refractivity contribution in [3.63, 3.8) is 0 Å². The van der Waals surface area contributed by atoms with Gasteiger partial charge in [0.05, 0.1) is 19.3 Å². The number of ether oxygens (including phenoxy) is 2. The summed E-state index contributed by atoms with van der Waals surface area (Å²) >= 11 is 3.27. The standard InChI is InChI=1S/C13H11BrO4/c1-3-18-12(15)7-6-9-4-5-10(8-11(9)14)13(16)17-2/h4-5,8H,3H2,1-2H3. The number of carbonyl (C=O) groups excluding carboxylic acids is 2. The van der Waals surface area contributed by atoms with Crippen molar-refractivity contribution in [3.8, 4) is 11.8 Å². The number of methoxy groups -OCH3 is 1. The van der Waals surface area contributed by atoms with Crippen molar-refractivity contribution in [1.82, 2.24) is 0 Å². The van der Waals surface area contributed by atoms with Gasteiger partial charge in [-0.15, -0.1) is 0 Å². The van der Waals surface area contributed by atoms with E-state index >= 15 is 0 Å². The number of hydrogen-bond donors (Lipinski definition) is 0. The topological polar surface area (TPSA) is 52.6 Å². The Hall–Kier alpha value is -1.80. The third kappa shape index (κ3) is 3.90. The van der Waals surface area contributed by atoms with Crippen molar-refractivity contribution in [3.05, 3.63) is 33.8 Å². The monoisotopic (exact) mass is 310 g/mol. The maximum atomic E-state index is 11.3. The molecule has 4 nitrogen and oxygen atoms in total. The van der Waals surface area contributed by atoms with Gasteiger partial charge in [0.15, 0.2) is 0 Å². The van der Waals surface area contributed by atoms with Gasteiger partial charge < -0.3 is 9.47 Å². The van der Waals surface area contributed by atoms with E-state index in [9.17, 15) is 9.59 Å². The smallest absolute Gasteiger partial charge is 0.384 e. The van der Waals surface area contributed by atoms with Gasteiger partial charge in [-0.05, 0) is 41.1 Å². The van der Waals surface area contributed by atoms with Gasteiger partial charge in [0, 0.05) is 16.0 Å². The Balaban J connectivity index is 2.93. The number of benzene rings is 1. The van der Waals surface area contributed by atoms with Crippen LogP contribution >= 0.6 is 15.9 Å². The van der Waals surface area contributed by atoms with Crippen LogP contribution in [0.3, 0.4) is 0 Å². The average molecular weight is 311 g/mol. The van der Waals surface area contributed by atoms with E-state index in [0.29, 0.717) is 15.6 Å². The summed E-state index contributed by atoms with van der Waals surface area (Å²) in [6, 6.07) is 4.79. The van der Waals surface area contributed by atoms with E-state index in [2.05, 4.69) is 37.2 Å². The van der Waals surface area contributed by atoms with Crippen molar-refractivity contribution in [2.75, 3.05) is 13.7 Å². The normalized spacial score (nSPS) is 9.06. The van der Waals surface area contributed by atoms with E-state index in [1.54, 1.807) is 25.1 Å². The number of rotatable bonds is 2. The lowest BCUT2D eigenvalue weighted by molar-refractivity contribution is -0.136. The molecule has 0 aliphatic rings. The maximum absolute atomic E-state index is 11.3. The molecule has 18 heavy (non-hydrogen) atoms. The molecular weight excluding hydrogens is 300 g/mol. The van der Waals surface area contributed by atoms with Crippen LogP contribution in [0.1, 0.15) is 22.8 Å². The number of esters is 2. The summed E-state index contributed by atoms with van der Waals surface area (Å²) in [4.78, 5) is 22.3. The van der Waals surface area contributed by atoms with E-state index in [0.717, 1.165) is 0 Å². The molecule has 0 unspecified atom stereocenters. The summed E-state index contributed by atoms with van der Waals surface area (Å²) in [5.41, 5.74) is 1.00. The number of hydrogen-bond acceptors (Lipinski definition) is 4. The zero-order valence-corrected chi connectivity index (χ0v) is 11.5. The third-order valence-electron chi connectivity index (χ3n) is 1.96. The minimum Gasteiger partial charge on any atom is -0.465 e. The molecule has 0 aromatic heterocycles. The summed E-state index contributed by atoms with van der Waals surface area (Å²) in [5.74, 6) is 3.99. The Morgan fingerprint density at radius 3 is 2.67 bits per heavy atom. The first-order valence-electron chi connectivity index (χ1n) is 5.15. The van der Waals surface area contributed by atoms with Crippen molar-refractivity contribution in [2.24, 2.45) is 0 Å². The van der Waals surface area contributed by atoms with Crippen LogP contribution in [0.5, 0.6) is 0 Å². The van der Waals surface area contributed by atoms with Gasteiger partial charge in [0.2, 0.25) is 0 Å². The fraction of sp³-hybridized carbons (Fsp3) is 0.231. The van der Waals surface area contributed by atoms with E-state index in [4.69, 9.17) is 0 Å². The zero-order valence-electron chi connectivity index (χ0n) is 9.95. The molecule has 0 N–H and O–H groups in total. The predicted octanol–water partition coefficient (Wildman–Crippen LogP) is 2.15.